The fourth-order valence-electron chi connectivity index (χ4n) is 3.62. The summed E-state index contributed by atoms with van der Waals surface area (Å²) in [6, 6.07) is 9.79. The molecule has 1 aromatic carbocycles. The maximum absolute atomic E-state index is 13.1. The summed E-state index contributed by atoms with van der Waals surface area (Å²) in [5, 5.41) is 9.48. The van der Waals surface area contributed by atoms with E-state index < -0.39 is 24.0 Å². The molecule has 2 aromatic heterocycles. The van der Waals surface area contributed by atoms with Gasteiger partial charge in [0.1, 0.15) is 6.61 Å². The number of esters is 2. The zero-order valence-corrected chi connectivity index (χ0v) is 18.3. The molecule has 3 heterocycles. The predicted molar refractivity (Wildman–Crippen MR) is 117 cm³/mol. The largest absolute Gasteiger partial charge is 0.463 e. The Balaban J connectivity index is 1.67. The van der Waals surface area contributed by atoms with E-state index in [0.29, 0.717) is 16.8 Å². The van der Waals surface area contributed by atoms with E-state index >= 15 is 0 Å². The van der Waals surface area contributed by atoms with Crippen LogP contribution in [0.1, 0.15) is 29.9 Å². The van der Waals surface area contributed by atoms with Crippen molar-refractivity contribution in [2.24, 2.45) is 0 Å². The van der Waals surface area contributed by atoms with Crippen LogP contribution in [0.15, 0.2) is 52.2 Å². The number of aromatic nitrogens is 2. The molecule has 2 N–H and O–H groups in total. The number of carbonyl (C=O) groups excluding carboxylic acids is 3. The topological polar surface area (TPSA) is 133 Å². The molecule has 10 nitrogen and oxygen atoms in total. The molecule has 1 aliphatic heterocycles. The third kappa shape index (κ3) is 4.40. The van der Waals surface area contributed by atoms with Crippen LogP contribution in [0.2, 0.25) is 0 Å². The van der Waals surface area contributed by atoms with Gasteiger partial charge in [-0.25, -0.2) is 19.4 Å². The number of carbonyl (C=O) groups is 3. The Hall–Kier alpha value is -4.21. The van der Waals surface area contributed by atoms with Crippen molar-refractivity contribution in [2.75, 3.05) is 13.2 Å². The van der Waals surface area contributed by atoms with Gasteiger partial charge in [-0.15, -0.1) is 0 Å². The zero-order valence-electron chi connectivity index (χ0n) is 18.3. The van der Waals surface area contributed by atoms with Crippen LogP contribution in [0.5, 0.6) is 0 Å². The SMILES string of the molecule is CCOC(=O)C1=C(COC(=O)c2cc(-c3ccccc3)nc3onc(C)c23)NC(=O)NC1C. The first-order chi connectivity index (χ1) is 15.9. The van der Waals surface area contributed by atoms with Crippen LogP contribution in [0.25, 0.3) is 22.4 Å². The van der Waals surface area contributed by atoms with Gasteiger partial charge in [0, 0.05) is 5.56 Å². The van der Waals surface area contributed by atoms with Crippen molar-refractivity contribution in [3.05, 3.63) is 58.9 Å². The van der Waals surface area contributed by atoms with Gasteiger partial charge >= 0.3 is 18.0 Å². The molecular weight excluding hydrogens is 428 g/mol. The molecule has 0 fully saturated rings. The minimum absolute atomic E-state index is 0.161. The molecule has 1 aliphatic rings. The molecule has 4 rings (SSSR count). The number of pyridine rings is 1. The van der Waals surface area contributed by atoms with Crippen LogP contribution in [-0.4, -0.2) is 47.4 Å². The molecule has 0 radical (unpaired) electrons. The van der Waals surface area contributed by atoms with Crippen molar-refractivity contribution in [3.63, 3.8) is 0 Å². The number of aryl methyl sites for hydroxylation is 1. The van der Waals surface area contributed by atoms with Gasteiger partial charge in [-0.2, -0.15) is 0 Å². The highest BCUT2D eigenvalue weighted by Gasteiger charge is 2.30. The van der Waals surface area contributed by atoms with Crippen molar-refractivity contribution in [1.82, 2.24) is 20.8 Å². The van der Waals surface area contributed by atoms with E-state index in [0.717, 1.165) is 5.56 Å². The fourth-order valence-corrected chi connectivity index (χ4v) is 3.62. The molecule has 3 aromatic rings. The van der Waals surface area contributed by atoms with E-state index in [1.54, 1.807) is 26.8 Å². The Bertz CT molecular complexity index is 1260. The van der Waals surface area contributed by atoms with E-state index in [9.17, 15) is 14.4 Å². The van der Waals surface area contributed by atoms with E-state index in [1.165, 1.54) is 0 Å². The van der Waals surface area contributed by atoms with E-state index in [-0.39, 0.29) is 35.8 Å². The van der Waals surface area contributed by atoms with Gasteiger partial charge in [-0.05, 0) is 26.8 Å². The molecule has 2 amide bonds. The highest BCUT2D eigenvalue weighted by Crippen LogP contribution is 2.27. The summed E-state index contributed by atoms with van der Waals surface area (Å²) >= 11 is 0. The summed E-state index contributed by atoms with van der Waals surface area (Å²) in [7, 11) is 0. The summed E-state index contributed by atoms with van der Waals surface area (Å²) in [6.45, 7) is 4.85. The molecule has 170 valence electrons. The molecule has 1 atom stereocenters. The van der Waals surface area contributed by atoms with E-state index in [1.807, 2.05) is 30.3 Å². The molecule has 10 heteroatoms. The van der Waals surface area contributed by atoms with Crippen LogP contribution >= 0.6 is 0 Å². The Kier molecular flexibility index (Phi) is 6.07. The second-order valence-electron chi connectivity index (χ2n) is 7.38. The number of urea groups is 1. The first-order valence-electron chi connectivity index (χ1n) is 10.4. The smallest absolute Gasteiger partial charge is 0.339 e. The first kappa shape index (κ1) is 22.0. The number of hydrogen-bond acceptors (Lipinski definition) is 8. The number of rotatable bonds is 6. The van der Waals surface area contributed by atoms with Crippen LogP contribution in [-0.2, 0) is 14.3 Å². The van der Waals surface area contributed by atoms with Gasteiger partial charge in [0.15, 0.2) is 0 Å². The second-order valence-corrected chi connectivity index (χ2v) is 7.38. The first-order valence-corrected chi connectivity index (χ1v) is 10.4. The lowest BCUT2D eigenvalue weighted by Gasteiger charge is -2.26. The average Bonchev–Trinajstić information content (AvgIpc) is 3.18. The maximum atomic E-state index is 13.1. The number of ether oxygens (including phenoxy) is 2. The molecule has 1 unspecified atom stereocenters. The van der Waals surface area contributed by atoms with Crippen molar-refractivity contribution in [3.8, 4) is 11.3 Å². The lowest BCUT2D eigenvalue weighted by molar-refractivity contribution is -0.139. The second kappa shape index (κ2) is 9.11. The standard InChI is InChI=1S/C23H22N4O6/c1-4-31-22(29)19-12(2)24-23(30)26-17(19)11-32-21(28)15-10-16(14-8-6-5-7-9-14)25-20-18(15)13(3)27-33-20/h5-10,12H,4,11H2,1-3H3,(H2,24,26,30). The third-order valence-corrected chi connectivity index (χ3v) is 5.12. The van der Waals surface area contributed by atoms with Gasteiger partial charge in [-0.1, -0.05) is 35.5 Å². The van der Waals surface area contributed by atoms with Crippen LogP contribution in [0.4, 0.5) is 4.79 Å². The summed E-state index contributed by atoms with van der Waals surface area (Å²) in [6.07, 6.45) is 0. The van der Waals surface area contributed by atoms with Crippen molar-refractivity contribution >= 4 is 29.1 Å². The predicted octanol–water partition coefficient (Wildman–Crippen LogP) is 2.87. The van der Waals surface area contributed by atoms with E-state index in [2.05, 4.69) is 20.8 Å². The minimum atomic E-state index is -0.679. The van der Waals surface area contributed by atoms with Gasteiger partial charge in [0.2, 0.25) is 0 Å². The lowest BCUT2D eigenvalue weighted by atomic mass is 10.0. The maximum Gasteiger partial charge on any atom is 0.339 e. The Morgan fingerprint density at radius 3 is 2.64 bits per heavy atom. The van der Waals surface area contributed by atoms with Crippen molar-refractivity contribution < 1.29 is 28.4 Å². The van der Waals surface area contributed by atoms with Gasteiger partial charge in [0.05, 0.1) is 46.3 Å². The molecule has 0 spiro atoms. The molecule has 0 saturated heterocycles. The van der Waals surface area contributed by atoms with Crippen LogP contribution in [0.3, 0.4) is 0 Å². The fraction of sp³-hybridized carbons (Fsp3) is 0.261. The van der Waals surface area contributed by atoms with Gasteiger partial charge in [0.25, 0.3) is 5.71 Å². The minimum Gasteiger partial charge on any atom is -0.463 e. The summed E-state index contributed by atoms with van der Waals surface area (Å²) in [4.78, 5) is 41.9. The number of hydrogen-bond donors (Lipinski definition) is 2. The molecule has 0 bridgehead atoms. The number of amides is 2. The van der Waals surface area contributed by atoms with Crippen LogP contribution < -0.4 is 10.6 Å². The zero-order chi connectivity index (χ0) is 23.5. The average molecular weight is 450 g/mol. The number of benzene rings is 1. The summed E-state index contributed by atoms with van der Waals surface area (Å²) < 4.78 is 15.9. The summed E-state index contributed by atoms with van der Waals surface area (Å²) in [5.41, 5.74) is 2.55. The van der Waals surface area contributed by atoms with Crippen molar-refractivity contribution in [2.45, 2.75) is 26.8 Å². The third-order valence-electron chi connectivity index (χ3n) is 5.12. The summed E-state index contributed by atoms with van der Waals surface area (Å²) in [5.74, 6) is -1.28. The molecular formula is C23H22N4O6. The van der Waals surface area contributed by atoms with Gasteiger partial charge < -0.3 is 24.6 Å². The van der Waals surface area contributed by atoms with Crippen LogP contribution in [0, 0.1) is 6.92 Å². The number of nitrogens with one attached hydrogen (secondary N) is 2. The molecule has 0 saturated carbocycles. The highest BCUT2D eigenvalue weighted by molar-refractivity contribution is 6.04. The Labute approximate surface area is 188 Å². The van der Waals surface area contributed by atoms with Crippen molar-refractivity contribution in [1.29, 1.82) is 0 Å². The number of fused-ring (bicyclic) bond motifs is 1. The van der Waals surface area contributed by atoms with Gasteiger partial charge in [-0.3, -0.25) is 0 Å². The quantitative estimate of drug-likeness (QED) is 0.548. The monoisotopic (exact) mass is 450 g/mol. The normalized spacial score (nSPS) is 15.7. The van der Waals surface area contributed by atoms with E-state index in [4.69, 9.17) is 14.0 Å². The molecule has 0 aliphatic carbocycles. The Morgan fingerprint density at radius 1 is 1.15 bits per heavy atom. The lowest BCUT2D eigenvalue weighted by Crippen LogP contribution is -2.50. The number of nitrogens with zero attached hydrogens (tertiary/aromatic N) is 2. The highest BCUT2D eigenvalue weighted by atomic mass is 16.5. The molecule has 33 heavy (non-hydrogen) atoms. The Morgan fingerprint density at radius 2 is 1.91 bits per heavy atom.